The fourth-order valence-electron chi connectivity index (χ4n) is 0.496. The molecule has 0 spiro atoms. The summed E-state index contributed by atoms with van der Waals surface area (Å²) in [5.41, 5.74) is 0. The highest BCUT2D eigenvalue weighted by atomic mass is 28.3. The zero-order valence-electron chi connectivity index (χ0n) is 5.64. The van der Waals surface area contributed by atoms with Crippen LogP contribution in [0.4, 0.5) is 0 Å². The molecule has 0 unspecified atom stereocenters. The van der Waals surface area contributed by atoms with Gasteiger partial charge in [-0.05, 0) is 12.1 Å². The van der Waals surface area contributed by atoms with E-state index in [1.165, 1.54) is 12.8 Å². The molecule has 0 saturated heterocycles. The molecule has 0 aliphatic heterocycles. The van der Waals surface area contributed by atoms with Crippen LogP contribution in [-0.2, 0) is 8.23 Å². The Hall–Kier alpha value is 0.788. The summed E-state index contributed by atoms with van der Waals surface area (Å²) in [4.78, 5) is 0. The first kappa shape index (κ1) is 10.8. The summed E-state index contributed by atoms with van der Waals surface area (Å²) < 4.78 is 9.49. The predicted octanol–water partition coefficient (Wildman–Crippen LogP) is 0.0418. The lowest BCUT2D eigenvalue weighted by atomic mass is 10.4. The van der Waals surface area contributed by atoms with Gasteiger partial charge < -0.3 is 8.23 Å². The Morgan fingerprint density at radius 1 is 0.900 bits per heavy atom. The summed E-state index contributed by atoms with van der Waals surface area (Å²) in [5, 5.41) is 0. The summed E-state index contributed by atoms with van der Waals surface area (Å²) in [5.74, 6) is 0. The van der Waals surface area contributed by atoms with E-state index in [0.717, 1.165) is 12.1 Å². The molecule has 0 rings (SSSR count). The van der Waals surface area contributed by atoms with Crippen molar-refractivity contribution in [2.45, 2.75) is 24.9 Å². The molecule has 0 aromatic carbocycles. The normalized spacial score (nSPS) is 10.2. The van der Waals surface area contributed by atoms with Crippen LogP contribution in [-0.4, -0.2) is 40.5 Å². The van der Waals surface area contributed by atoms with Crippen LogP contribution in [0.1, 0.15) is 12.8 Å². The van der Waals surface area contributed by atoms with Crippen LogP contribution >= 0.6 is 0 Å². The van der Waals surface area contributed by atoms with Crippen molar-refractivity contribution >= 4 is 40.5 Å². The van der Waals surface area contributed by atoms with Crippen molar-refractivity contribution in [3.05, 3.63) is 0 Å². The van der Waals surface area contributed by atoms with Gasteiger partial charge in [0, 0.05) is 0 Å². The minimum atomic E-state index is 0.590. The molecule has 0 aromatic rings. The fourth-order valence-corrected chi connectivity index (χ4v) is 2.10. The molecule has 2 nitrogen and oxygen atoms in total. The molecule has 0 N–H and O–H groups in total. The highest BCUT2D eigenvalue weighted by Gasteiger charge is 1.91. The maximum absolute atomic E-state index is 4.74. The molecule has 10 heavy (non-hydrogen) atoms. The van der Waals surface area contributed by atoms with Crippen LogP contribution in [0, 0.1) is 0 Å². The Kier molecular flexibility index (Phi) is 10.6. The lowest BCUT2D eigenvalue weighted by Crippen LogP contribution is -1.96. The first-order valence-electron chi connectivity index (χ1n) is 3.02. The smallest absolute Gasteiger partial charge is 0.229 e. The lowest BCUT2D eigenvalue weighted by molar-refractivity contribution is 0.639. The molecule has 0 fully saturated rings. The molecule has 0 aromatic heterocycles. The predicted molar refractivity (Wildman–Crippen MR) is 44.0 cm³/mol. The molecule has 10 radical (unpaired) electrons. The highest BCUT2D eigenvalue weighted by molar-refractivity contribution is 6.34. The Morgan fingerprint density at radius 3 is 1.60 bits per heavy atom. The van der Waals surface area contributed by atoms with E-state index in [1.807, 2.05) is 0 Å². The van der Waals surface area contributed by atoms with Gasteiger partial charge in [0.15, 0.2) is 0 Å². The van der Waals surface area contributed by atoms with E-state index in [-0.39, 0.29) is 0 Å². The molecular weight excluding hydrogens is 192 g/mol. The summed E-state index contributed by atoms with van der Waals surface area (Å²) >= 11 is 0. The molecule has 0 aliphatic rings. The lowest BCUT2D eigenvalue weighted by Gasteiger charge is -1.96. The third kappa shape index (κ3) is 8.79. The molecule has 0 bridgehead atoms. The average molecular weight is 200 g/mol. The zero-order chi connectivity index (χ0) is 7.66. The van der Waals surface area contributed by atoms with Gasteiger partial charge in [-0.1, -0.05) is 12.8 Å². The minimum absolute atomic E-state index is 0.590. The van der Waals surface area contributed by atoms with Crippen molar-refractivity contribution < 1.29 is 8.23 Å². The Bertz CT molecular complexity index is 55.2. The summed E-state index contributed by atoms with van der Waals surface area (Å²) in [6, 6.07) is 2.30. The second kappa shape index (κ2) is 9.79. The number of rotatable bonds is 7. The molecule has 6 heteroatoms. The van der Waals surface area contributed by atoms with E-state index in [2.05, 4.69) is 21.0 Å². The van der Waals surface area contributed by atoms with Gasteiger partial charge in [0.25, 0.3) is 0 Å². The molecule has 0 atom stereocenters. The summed E-state index contributed by atoms with van der Waals surface area (Å²) in [6.07, 6.45) is 2.46. The van der Waals surface area contributed by atoms with Gasteiger partial charge in [0.1, 0.15) is 0 Å². The van der Waals surface area contributed by atoms with Gasteiger partial charge in [-0.2, -0.15) is 0 Å². The maximum Gasteiger partial charge on any atom is 0.229 e. The van der Waals surface area contributed by atoms with Gasteiger partial charge in [-0.15, -0.1) is 0 Å². The molecule has 0 saturated carbocycles. The van der Waals surface area contributed by atoms with E-state index in [9.17, 15) is 0 Å². The second-order valence-corrected chi connectivity index (χ2v) is 4.91. The number of hydrogen-bond donors (Lipinski definition) is 0. The molecule has 52 valence electrons. The number of unbranched alkanes of at least 4 members (excludes halogenated alkanes) is 1. The van der Waals surface area contributed by atoms with Crippen LogP contribution in [0.5, 0.6) is 0 Å². The van der Waals surface area contributed by atoms with E-state index in [0.29, 0.717) is 19.5 Å². The van der Waals surface area contributed by atoms with Crippen LogP contribution in [0.2, 0.25) is 12.1 Å². The third-order valence-electron chi connectivity index (χ3n) is 0.952. The molecule has 0 amide bonds. The fraction of sp³-hybridized carbons (Fsp3) is 1.00. The standard InChI is InChI=1S/C4H8O2Si4/c7-5-9-3-1-2-4-10-6-8/h1-4H2. The van der Waals surface area contributed by atoms with Crippen molar-refractivity contribution in [3.8, 4) is 0 Å². The third-order valence-corrected chi connectivity index (χ3v) is 3.22. The van der Waals surface area contributed by atoms with Crippen LogP contribution in [0.15, 0.2) is 0 Å². The monoisotopic (exact) mass is 200 g/mol. The zero-order valence-corrected chi connectivity index (χ0v) is 9.64. The van der Waals surface area contributed by atoms with Crippen molar-refractivity contribution in [3.63, 3.8) is 0 Å². The number of hydrogen-bond acceptors (Lipinski definition) is 2. The topological polar surface area (TPSA) is 18.5 Å². The first-order chi connectivity index (χ1) is 4.91. The Morgan fingerprint density at radius 2 is 1.30 bits per heavy atom. The molecule has 0 aliphatic carbocycles. The van der Waals surface area contributed by atoms with Crippen molar-refractivity contribution in [1.82, 2.24) is 0 Å². The minimum Gasteiger partial charge on any atom is -0.458 e. The molecular formula is C4H8O2Si4. The van der Waals surface area contributed by atoms with Gasteiger partial charge >= 0.3 is 0 Å². The van der Waals surface area contributed by atoms with Crippen LogP contribution in [0.3, 0.4) is 0 Å². The van der Waals surface area contributed by atoms with E-state index in [4.69, 9.17) is 8.23 Å². The van der Waals surface area contributed by atoms with Gasteiger partial charge in [-0.25, -0.2) is 0 Å². The summed E-state index contributed by atoms with van der Waals surface area (Å²) in [7, 11) is 7.09. The second-order valence-electron chi connectivity index (χ2n) is 1.70. The van der Waals surface area contributed by atoms with E-state index >= 15 is 0 Å². The summed E-state index contributed by atoms with van der Waals surface area (Å²) in [6.45, 7) is 0. The van der Waals surface area contributed by atoms with Crippen molar-refractivity contribution in [2.75, 3.05) is 0 Å². The Labute approximate surface area is 74.0 Å². The van der Waals surface area contributed by atoms with Gasteiger partial charge in [-0.3, -0.25) is 0 Å². The van der Waals surface area contributed by atoms with Gasteiger partial charge in [0.05, 0.1) is 0 Å². The largest absolute Gasteiger partial charge is 0.458 e. The SMILES string of the molecule is [Si]O[Si]CCCC[Si]O[Si]. The quantitative estimate of drug-likeness (QED) is 0.427. The molecule has 0 heterocycles. The highest BCUT2D eigenvalue weighted by Crippen LogP contribution is 1.99. The average Bonchev–Trinajstić information content (AvgIpc) is 1.97. The Balaban J connectivity index is 2.65. The van der Waals surface area contributed by atoms with Crippen molar-refractivity contribution in [1.29, 1.82) is 0 Å². The van der Waals surface area contributed by atoms with E-state index in [1.54, 1.807) is 0 Å². The van der Waals surface area contributed by atoms with Crippen molar-refractivity contribution in [2.24, 2.45) is 0 Å². The van der Waals surface area contributed by atoms with E-state index < -0.39 is 0 Å². The first-order valence-corrected chi connectivity index (χ1v) is 6.07. The van der Waals surface area contributed by atoms with Crippen LogP contribution < -0.4 is 0 Å². The van der Waals surface area contributed by atoms with Crippen LogP contribution in [0.25, 0.3) is 0 Å². The van der Waals surface area contributed by atoms with Gasteiger partial charge in [0.2, 0.25) is 40.5 Å². The maximum atomic E-state index is 4.74.